The largest absolute Gasteiger partial charge is 0.489 e. The van der Waals surface area contributed by atoms with Gasteiger partial charge in [0.1, 0.15) is 23.7 Å². The summed E-state index contributed by atoms with van der Waals surface area (Å²) < 4.78 is 12.2. The normalized spacial score (nSPS) is 16.5. The van der Waals surface area contributed by atoms with Crippen molar-refractivity contribution in [2.45, 2.75) is 31.5 Å². The van der Waals surface area contributed by atoms with E-state index in [-0.39, 0.29) is 18.1 Å². The molecule has 2 aliphatic rings. The van der Waals surface area contributed by atoms with Crippen LogP contribution in [0.25, 0.3) is 0 Å². The van der Waals surface area contributed by atoms with Crippen molar-refractivity contribution < 1.29 is 14.3 Å². The lowest BCUT2D eigenvalue weighted by Gasteiger charge is -2.41. The summed E-state index contributed by atoms with van der Waals surface area (Å²) in [6.07, 6.45) is 4.96. The number of nitrogens with one attached hydrogen (secondary N) is 2. The number of piperidine rings is 1. The van der Waals surface area contributed by atoms with Gasteiger partial charge in [-0.25, -0.2) is 0 Å². The lowest BCUT2D eigenvalue weighted by atomic mass is 9.82. The minimum absolute atomic E-state index is 0.0407. The van der Waals surface area contributed by atoms with Gasteiger partial charge in [0, 0.05) is 47.6 Å². The molecule has 0 radical (unpaired) electrons. The molecule has 4 N–H and O–H groups in total. The van der Waals surface area contributed by atoms with Gasteiger partial charge in [-0.3, -0.25) is 15.2 Å². The van der Waals surface area contributed by atoms with Gasteiger partial charge in [0.05, 0.1) is 27.7 Å². The summed E-state index contributed by atoms with van der Waals surface area (Å²) in [7, 11) is 0. The predicted molar refractivity (Wildman–Crippen MR) is 136 cm³/mol. The summed E-state index contributed by atoms with van der Waals surface area (Å²) in [6.45, 7) is 1.81. The van der Waals surface area contributed by atoms with E-state index in [1.807, 2.05) is 0 Å². The van der Waals surface area contributed by atoms with Crippen molar-refractivity contribution in [3.8, 4) is 11.5 Å². The molecular formula is C26H24Cl2N4O3. The van der Waals surface area contributed by atoms with Gasteiger partial charge < -0.3 is 20.5 Å². The van der Waals surface area contributed by atoms with Crippen LogP contribution in [0, 0.1) is 5.41 Å². The third kappa shape index (κ3) is 4.72. The second-order valence-electron chi connectivity index (χ2n) is 8.84. The number of benzene rings is 2. The second-order valence-corrected chi connectivity index (χ2v) is 9.65. The van der Waals surface area contributed by atoms with E-state index in [2.05, 4.69) is 10.3 Å². The molecule has 3 aromatic rings. The fraction of sp³-hybridized carbons (Fsp3) is 0.269. The van der Waals surface area contributed by atoms with Crippen molar-refractivity contribution in [2.75, 3.05) is 18.8 Å². The summed E-state index contributed by atoms with van der Waals surface area (Å²) in [5.41, 5.74) is 8.58. The molecule has 35 heavy (non-hydrogen) atoms. The Kier molecular flexibility index (Phi) is 6.40. The Balaban J connectivity index is 1.38. The zero-order valence-corrected chi connectivity index (χ0v) is 20.4. The number of nitrogens with two attached hydrogens (primary N) is 1. The van der Waals surface area contributed by atoms with Gasteiger partial charge in [0.2, 0.25) is 0 Å². The van der Waals surface area contributed by atoms with Crippen LogP contribution in [0.4, 0.5) is 5.69 Å². The van der Waals surface area contributed by atoms with Crippen LogP contribution in [0.3, 0.4) is 0 Å². The van der Waals surface area contributed by atoms with E-state index in [0.717, 1.165) is 25.9 Å². The van der Waals surface area contributed by atoms with Gasteiger partial charge in [-0.05, 0) is 49.5 Å². The first-order valence-corrected chi connectivity index (χ1v) is 12.1. The second kappa shape index (κ2) is 9.49. The van der Waals surface area contributed by atoms with Gasteiger partial charge in [0.25, 0.3) is 0 Å². The molecule has 0 atom stereocenters. The van der Waals surface area contributed by atoms with Crippen LogP contribution in [0.15, 0.2) is 48.8 Å². The van der Waals surface area contributed by atoms with Crippen LogP contribution in [-0.2, 0) is 6.61 Å². The average Bonchev–Trinajstić information content (AvgIpc) is 2.84. The summed E-state index contributed by atoms with van der Waals surface area (Å²) >= 11 is 12.4. The molecule has 1 aromatic heterocycles. The van der Waals surface area contributed by atoms with Gasteiger partial charge in [-0.1, -0.05) is 23.2 Å². The lowest BCUT2D eigenvalue weighted by Crippen LogP contribution is -2.49. The molecular weight excluding hydrogens is 487 g/mol. The maximum absolute atomic E-state index is 13.0. The lowest BCUT2D eigenvalue weighted by molar-refractivity contribution is 0.0187. The minimum atomic E-state index is -0.429. The zero-order chi connectivity index (χ0) is 24.6. The highest BCUT2D eigenvalue weighted by molar-refractivity contribution is 6.35. The molecule has 2 aliphatic heterocycles. The highest BCUT2D eigenvalue weighted by atomic mass is 35.5. The number of carbonyl (C=O) groups is 1. The number of nitrogens with zero attached hydrogens (tertiary/aromatic N) is 1. The van der Waals surface area contributed by atoms with Gasteiger partial charge in [-0.2, -0.15) is 0 Å². The van der Waals surface area contributed by atoms with E-state index >= 15 is 0 Å². The quantitative estimate of drug-likeness (QED) is 0.327. The number of anilines is 1. The Morgan fingerprint density at radius 3 is 2.63 bits per heavy atom. The van der Waals surface area contributed by atoms with Crippen LogP contribution in [0.2, 0.25) is 10.0 Å². The molecule has 0 amide bonds. The summed E-state index contributed by atoms with van der Waals surface area (Å²) in [6, 6.07) is 10.4. The van der Waals surface area contributed by atoms with Crippen LogP contribution >= 0.6 is 23.2 Å². The Morgan fingerprint density at radius 2 is 1.89 bits per heavy atom. The number of halogens is 2. The van der Waals surface area contributed by atoms with Crippen LogP contribution in [-0.4, -0.2) is 35.2 Å². The van der Waals surface area contributed by atoms with E-state index in [4.69, 9.17) is 43.8 Å². The Labute approximate surface area is 213 Å². The van der Waals surface area contributed by atoms with E-state index in [0.29, 0.717) is 55.9 Å². The number of hydrogen-bond donors (Lipinski definition) is 3. The standard InChI is InChI=1S/C26H24Cl2N4O3/c27-20-12-32-13-21(28)19(20)14-34-16-2-3-22(29)17(10-16)25(30)15-1-4-24-18(9-15)23(33)11-26(35-24)5-7-31-8-6-26/h1-4,9-10,12-13,30-31H,5-8,11,14,29H2. The Morgan fingerprint density at radius 1 is 1.14 bits per heavy atom. The van der Waals surface area contributed by atoms with Crippen LogP contribution in [0.5, 0.6) is 11.5 Å². The number of ether oxygens (including phenoxy) is 2. The highest BCUT2D eigenvalue weighted by Crippen LogP contribution is 2.39. The predicted octanol–water partition coefficient (Wildman–Crippen LogP) is 5.05. The van der Waals surface area contributed by atoms with Crippen molar-refractivity contribution >= 4 is 40.4 Å². The van der Waals surface area contributed by atoms with Crippen molar-refractivity contribution in [1.29, 1.82) is 5.41 Å². The van der Waals surface area contributed by atoms with Crippen molar-refractivity contribution in [3.63, 3.8) is 0 Å². The fourth-order valence-electron chi connectivity index (χ4n) is 4.54. The van der Waals surface area contributed by atoms with Crippen molar-refractivity contribution in [2.24, 2.45) is 0 Å². The van der Waals surface area contributed by atoms with Crippen molar-refractivity contribution in [1.82, 2.24) is 10.3 Å². The molecule has 1 spiro atoms. The number of Topliss-reactive ketones (excluding diaryl/α,β-unsaturated/α-hetero) is 1. The molecule has 7 nitrogen and oxygen atoms in total. The third-order valence-corrected chi connectivity index (χ3v) is 7.17. The topological polar surface area (TPSA) is 110 Å². The zero-order valence-electron chi connectivity index (χ0n) is 18.9. The molecule has 0 unspecified atom stereocenters. The number of nitrogen functional groups attached to an aromatic ring is 1. The number of rotatable bonds is 5. The molecule has 9 heteroatoms. The summed E-state index contributed by atoms with van der Waals surface area (Å²) in [5.74, 6) is 1.13. The molecule has 0 saturated carbocycles. The number of fused-ring (bicyclic) bond motifs is 1. The number of aromatic nitrogens is 1. The van der Waals surface area contributed by atoms with Gasteiger partial charge in [0.15, 0.2) is 5.78 Å². The van der Waals surface area contributed by atoms with Gasteiger partial charge >= 0.3 is 0 Å². The fourth-order valence-corrected chi connectivity index (χ4v) is 5.01. The SMILES string of the molecule is N=C(c1ccc2c(c1)C(=O)CC1(CCNCC1)O2)c1cc(OCc2c(Cl)cncc2Cl)ccc1N. The Hall–Kier alpha value is -3.13. The maximum Gasteiger partial charge on any atom is 0.170 e. The summed E-state index contributed by atoms with van der Waals surface area (Å²) in [4.78, 5) is 17.0. The molecule has 180 valence electrons. The average molecular weight is 511 g/mol. The number of hydrogen-bond acceptors (Lipinski definition) is 7. The molecule has 3 heterocycles. The maximum atomic E-state index is 13.0. The highest BCUT2D eigenvalue weighted by Gasteiger charge is 2.41. The van der Waals surface area contributed by atoms with Crippen molar-refractivity contribution in [3.05, 3.63) is 81.1 Å². The molecule has 2 aromatic carbocycles. The molecule has 0 bridgehead atoms. The first kappa shape index (κ1) is 23.6. The molecule has 0 aliphatic carbocycles. The van der Waals surface area contributed by atoms with E-state index in [9.17, 15) is 4.79 Å². The minimum Gasteiger partial charge on any atom is -0.489 e. The van der Waals surface area contributed by atoms with E-state index in [1.54, 1.807) is 36.4 Å². The smallest absolute Gasteiger partial charge is 0.170 e. The third-order valence-electron chi connectivity index (χ3n) is 6.52. The van der Waals surface area contributed by atoms with E-state index in [1.165, 1.54) is 12.4 Å². The van der Waals surface area contributed by atoms with E-state index < -0.39 is 5.60 Å². The van der Waals surface area contributed by atoms with Crippen LogP contribution in [0.1, 0.15) is 46.3 Å². The monoisotopic (exact) mass is 510 g/mol. The molecule has 1 fully saturated rings. The molecule has 5 rings (SSSR count). The van der Waals surface area contributed by atoms with Crippen LogP contribution < -0.4 is 20.5 Å². The number of ketones is 1. The summed E-state index contributed by atoms with van der Waals surface area (Å²) in [5, 5.41) is 12.9. The number of pyridine rings is 1. The first-order valence-electron chi connectivity index (χ1n) is 11.3. The Bertz CT molecular complexity index is 1300. The molecule has 1 saturated heterocycles. The van der Waals surface area contributed by atoms with Gasteiger partial charge in [-0.15, -0.1) is 0 Å². The first-order chi connectivity index (χ1) is 16.8. The number of carbonyl (C=O) groups excluding carboxylic acids is 1.